The van der Waals surface area contributed by atoms with Crippen LogP contribution in [0.2, 0.25) is 0 Å². The number of ether oxygens (including phenoxy) is 1. The predicted octanol–water partition coefficient (Wildman–Crippen LogP) is 1.26. The van der Waals surface area contributed by atoms with Crippen LogP contribution in [0.25, 0.3) is 0 Å². The molecule has 0 bridgehead atoms. The van der Waals surface area contributed by atoms with Crippen LogP contribution in [0.3, 0.4) is 0 Å². The van der Waals surface area contributed by atoms with Gasteiger partial charge < -0.3 is 4.74 Å². The molecule has 0 aliphatic rings. The molecule has 0 unspecified atom stereocenters. The largest absolute Gasteiger partial charge is 0.443 e. The standard InChI is InChI=1S/C13H18N2O5S/c1-13(2,3)20-12(17)15-14-11(16)9-6-5-7-10(8-9)21(4,18)19/h5-8H,1-4H3,(H,14,16)(H,15,17). The number of sulfone groups is 1. The highest BCUT2D eigenvalue weighted by atomic mass is 32.2. The van der Waals surface area contributed by atoms with E-state index in [2.05, 4.69) is 10.9 Å². The van der Waals surface area contributed by atoms with Gasteiger partial charge in [-0.15, -0.1) is 0 Å². The molecule has 1 aromatic carbocycles. The molecule has 0 aromatic heterocycles. The average molecular weight is 314 g/mol. The summed E-state index contributed by atoms with van der Waals surface area (Å²) in [6.07, 6.45) is 0.235. The number of nitrogens with one attached hydrogen (secondary N) is 2. The summed E-state index contributed by atoms with van der Waals surface area (Å²) in [4.78, 5) is 23.2. The third-order valence-electron chi connectivity index (χ3n) is 2.20. The molecule has 116 valence electrons. The van der Waals surface area contributed by atoms with Gasteiger partial charge in [0.15, 0.2) is 9.84 Å². The molecular weight excluding hydrogens is 296 g/mol. The van der Waals surface area contributed by atoms with Gasteiger partial charge in [0.05, 0.1) is 4.90 Å². The monoisotopic (exact) mass is 314 g/mol. The molecule has 8 heteroatoms. The minimum atomic E-state index is -3.41. The lowest BCUT2D eigenvalue weighted by molar-refractivity contribution is 0.0483. The molecule has 1 rings (SSSR count). The highest BCUT2D eigenvalue weighted by Crippen LogP contribution is 2.11. The molecule has 0 aliphatic heterocycles. The molecule has 0 saturated carbocycles. The number of carbonyl (C=O) groups is 2. The second kappa shape index (κ2) is 6.13. The predicted molar refractivity (Wildman–Crippen MR) is 76.4 cm³/mol. The van der Waals surface area contributed by atoms with Gasteiger partial charge in [0.25, 0.3) is 5.91 Å². The fourth-order valence-electron chi connectivity index (χ4n) is 1.35. The normalized spacial score (nSPS) is 11.6. The Kier molecular flexibility index (Phi) is 4.95. The number of hydrogen-bond acceptors (Lipinski definition) is 5. The number of benzene rings is 1. The number of rotatable bonds is 2. The molecule has 2 N–H and O–H groups in total. The zero-order valence-corrected chi connectivity index (χ0v) is 13.1. The molecule has 0 saturated heterocycles. The summed E-state index contributed by atoms with van der Waals surface area (Å²) in [7, 11) is -3.41. The van der Waals surface area contributed by atoms with Gasteiger partial charge in [-0.1, -0.05) is 6.07 Å². The van der Waals surface area contributed by atoms with Gasteiger partial charge in [-0.25, -0.2) is 18.6 Å². The Balaban J connectivity index is 2.71. The van der Waals surface area contributed by atoms with Crippen LogP contribution in [0.5, 0.6) is 0 Å². The maximum Gasteiger partial charge on any atom is 0.426 e. The molecule has 0 atom stereocenters. The van der Waals surface area contributed by atoms with Crippen molar-refractivity contribution >= 4 is 21.8 Å². The Morgan fingerprint density at radius 3 is 2.29 bits per heavy atom. The van der Waals surface area contributed by atoms with Gasteiger partial charge in [-0.05, 0) is 39.0 Å². The summed E-state index contributed by atoms with van der Waals surface area (Å²) in [5.74, 6) is -0.647. The van der Waals surface area contributed by atoms with Crippen molar-refractivity contribution in [2.45, 2.75) is 31.3 Å². The lowest BCUT2D eigenvalue weighted by Crippen LogP contribution is -2.44. The van der Waals surface area contributed by atoms with E-state index < -0.39 is 27.4 Å². The molecular formula is C13H18N2O5S. The van der Waals surface area contributed by atoms with E-state index in [0.717, 1.165) is 6.26 Å². The molecule has 1 aromatic rings. The smallest absolute Gasteiger partial charge is 0.426 e. The van der Waals surface area contributed by atoms with Crippen molar-refractivity contribution in [2.75, 3.05) is 6.26 Å². The van der Waals surface area contributed by atoms with E-state index in [9.17, 15) is 18.0 Å². The molecule has 0 fully saturated rings. The van der Waals surface area contributed by atoms with Crippen molar-refractivity contribution < 1.29 is 22.7 Å². The van der Waals surface area contributed by atoms with E-state index in [0.29, 0.717) is 0 Å². The molecule has 0 spiro atoms. The van der Waals surface area contributed by atoms with E-state index in [-0.39, 0.29) is 10.5 Å². The summed E-state index contributed by atoms with van der Waals surface area (Å²) in [5, 5.41) is 0. The Hall–Kier alpha value is -2.09. The van der Waals surface area contributed by atoms with E-state index in [4.69, 9.17) is 4.74 Å². The minimum absolute atomic E-state index is 0.0208. The first-order valence-corrected chi connectivity index (χ1v) is 7.97. The first-order valence-electron chi connectivity index (χ1n) is 6.08. The number of carbonyl (C=O) groups excluding carboxylic acids is 2. The van der Waals surface area contributed by atoms with Crippen molar-refractivity contribution in [3.63, 3.8) is 0 Å². The van der Waals surface area contributed by atoms with Crippen LogP contribution in [0, 0.1) is 0 Å². The van der Waals surface area contributed by atoms with Gasteiger partial charge in [-0.3, -0.25) is 10.2 Å². The topological polar surface area (TPSA) is 102 Å². The lowest BCUT2D eigenvalue weighted by atomic mass is 10.2. The van der Waals surface area contributed by atoms with Gasteiger partial charge in [0, 0.05) is 11.8 Å². The third kappa shape index (κ3) is 5.82. The Labute approximate surface area is 123 Å². The van der Waals surface area contributed by atoms with E-state index >= 15 is 0 Å². The van der Waals surface area contributed by atoms with Crippen molar-refractivity contribution in [1.82, 2.24) is 10.9 Å². The Morgan fingerprint density at radius 2 is 1.76 bits per heavy atom. The molecule has 7 nitrogen and oxygen atoms in total. The first kappa shape index (κ1) is 17.0. The van der Waals surface area contributed by atoms with Gasteiger partial charge in [0.1, 0.15) is 5.60 Å². The maximum atomic E-state index is 11.8. The average Bonchev–Trinajstić information content (AvgIpc) is 2.33. The number of hydrogen-bond donors (Lipinski definition) is 2. The molecule has 0 heterocycles. The van der Waals surface area contributed by atoms with Gasteiger partial charge in [-0.2, -0.15) is 0 Å². The summed E-state index contributed by atoms with van der Waals surface area (Å²) in [6.45, 7) is 5.05. The molecule has 0 aliphatic carbocycles. The molecule has 0 radical (unpaired) electrons. The highest BCUT2D eigenvalue weighted by molar-refractivity contribution is 7.90. The van der Waals surface area contributed by atoms with Crippen LogP contribution in [-0.4, -0.2) is 32.3 Å². The van der Waals surface area contributed by atoms with Gasteiger partial charge >= 0.3 is 6.09 Å². The van der Waals surface area contributed by atoms with Crippen molar-refractivity contribution in [1.29, 1.82) is 0 Å². The zero-order valence-electron chi connectivity index (χ0n) is 12.3. The zero-order chi connectivity index (χ0) is 16.3. The second-order valence-corrected chi connectivity index (χ2v) is 7.40. The number of hydrazine groups is 1. The van der Waals surface area contributed by atoms with Crippen LogP contribution in [0.4, 0.5) is 4.79 Å². The van der Waals surface area contributed by atoms with E-state index in [1.165, 1.54) is 24.3 Å². The number of amides is 2. The van der Waals surface area contributed by atoms with Gasteiger partial charge in [0.2, 0.25) is 0 Å². The van der Waals surface area contributed by atoms with Crippen LogP contribution in [0.15, 0.2) is 29.2 Å². The molecule has 2 amide bonds. The van der Waals surface area contributed by atoms with E-state index in [1.54, 1.807) is 20.8 Å². The van der Waals surface area contributed by atoms with Crippen LogP contribution in [0.1, 0.15) is 31.1 Å². The van der Waals surface area contributed by atoms with Crippen molar-refractivity contribution in [3.8, 4) is 0 Å². The third-order valence-corrected chi connectivity index (χ3v) is 3.31. The van der Waals surface area contributed by atoms with Crippen molar-refractivity contribution in [2.24, 2.45) is 0 Å². The highest BCUT2D eigenvalue weighted by Gasteiger charge is 2.17. The Bertz CT molecular complexity index is 647. The van der Waals surface area contributed by atoms with Crippen LogP contribution >= 0.6 is 0 Å². The first-order chi connectivity index (χ1) is 9.49. The maximum absolute atomic E-state index is 11.8. The van der Waals surface area contributed by atoms with Crippen LogP contribution < -0.4 is 10.9 Å². The van der Waals surface area contributed by atoms with E-state index in [1.807, 2.05) is 0 Å². The lowest BCUT2D eigenvalue weighted by Gasteiger charge is -2.19. The fraction of sp³-hybridized carbons (Fsp3) is 0.385. The summed E-state index contributed by atoms with van der Waals surface area (Å²) in [5.41, 5.74) is 3.64. The fourth-order valence-corrected chi connectivity index (χ4v) is 2.02. The van der Waals surface area contributed by atoms with Crippen molar-refractivity contribution in [3.05, 3.63) is 29.8 Å². The second-order valence-electron chi connectivity index (χ2n) is 5.38. The molecule has 21 heavy (non-hydrogen) atoms. The SMILES string of the molecule is CC(C)(C)OC(=O)NNC(=O)c1cccc(S(C)(=O)=O)c1. The quantitative estimate of drug-likeness (QED) is 0.800. The minimum Gasteiger partial charge on any atom is -0.443 e. The summed E-state index contributed by atoms with van der Waals surface area (Å²) < 4.78 is 27.8. The summed E-state index contributed by atoms with van der Waals surface area (Å²) >= 11 is 0. The Morgan fingerprint density at radius 1 is 1.14 bits per heavy atom. The van der Waals surface area contributed by atoms with Crippen LogP contribution in [-0.2, 0) is 14.6 Å². The summed E-state index contributed by atoms with van der Waals surface area (Å²) in [6, 6.07) is 5.48.